The lowest BCUT2D eigenvalue weighted by Gasteiger charge is -2.13. The molecule has 104 valence electrons. The Morgan fingerprint density at radius 3 is 2.15 bits per heavy atom. The second-order valence-corrected chi connectivity index (χ2v) is 5.02. The summed E-state index contributed by atoms with van der Waals surface area (Å²) in [4.78, 5) is 11.4. The predicted molar refractivity (Wildman–Crippen MR) is 81.8 cm³/mol. The van der Waals surface area contributed by atoms with E-state index in [2.05, 4.69) is 19.1 Å². The topological polar surface area (TPSA) is 37.3 Å². The molecule has 1 N–H and O–H groups in total. The lowest BCUT2D eigenvalue weighted by Crippen LogP contribution is -2.11. The van der Waals surface area contributed by atoms with Crippen LogP contribution in [0.15, 0.2) is 54.6 Å². The van der Waals surface area contributed by atoms with E-state index in [0.29, 0.717) is 6.42 Å². The molecule has 20 heavy (non-hydrogen) atoms. The Labute approximate surface area is 120 Å². The van der Waals surface area contributed by atoms with Gasteiger partial charge in [-0.2, -0.15) is 0 Å². The molecule has 0 aliphatic carbocycles. The summed E-state index contributed by atoms with van der Waals surface area (Å²) in [7, 11) is 0. The number of hydrogen-bond acceptors (Lipinski definition) is 1. The molecular formula is C18H20O2. The fourth-order valence-electron chi connectivity index (χ4n) is 2.38. The van der Waals surface area contributed by atoms with Crippen LogP contribution < -0.4 is 0 Å². The van der Waals surface area contributed by atoms with E-state index in [1.807, 2.05) is 42.5 Å². The van der Waals surface area contributed by atoms with Gasteiger partial charge in [-0.3, -0.25) is 4.79 Å². The highest BCUT2D eigenvalue weighted by Gasteiger charge is 2.18. The van der Waals surface area contributed by atoms with Gasteiger partial charge >= 0.3 is 5.97 Å². The van der Waals surface area contributed by atoms with Crippen LogP contribution in [0.3, 0.4) is 0 Å². The van der Waals surface area contributed by atoms with E-state index in [9.17, 15) is 9.90 Å². The van der Waals surface area contributed by atoms with E-state index < -0.39 is 5.97 Å². The molecule has 2 rings (SSSR count). The molecule has 0 fully saturated rings. The zero-order valence-electron chi connectivity index (χ0n) is 11.8. The van der Waals surface area contributed by atoms with Gasteiger partial charge in [0.25, 0.3) is 0 Å². The van der Waals surface area contributed by atoms with Gasteiger partial charge < -0.3 is 5.11 Å². The second kappa shape index (κ2) is 6.90. The third-order valence-electron chi connectivity index (χ3n) is 3.56. The summed E-state index contributed by atoms with van der Waals surface area (Å²) in [5, 5.41) is 9.34. The van der Waals surface area contributed by atoms with Crippen molar-refractivity contribution in [1.82, 2.24) is 0 Å². The van der Waals surface area contributed by atoms with Crippen molar-refractivity contribution in [2.45, 2.75) is 32.1 Å². The molecule has 2 nitrogen and oxygen atoms in total. The minimum atomic E-state index is -0.731. The van der Waals surface area contributed by atoms with Crippen molar-refractivity contribution in [3.8, 4) is 11.1 Å². The molecule has 0 saturated heterocycles. The summed E-state index contributed by atoms with van der Waals surface area (Å²) < 4.78 is 0. The molecule has 0 heterocycles. The van der Waals surface area contributed by atoms with Crippen LogP contribution in [0, 0.1) is 0 Å². The summed E-state index contributed by atoms with van der Waals surface area (Å²) in [5.41, 5.74) is 3.17. The first-order chi connectivity index (χ1) is 9.72. The van der Waals surface area contributed by atoms with E-state index in [0.717, 1.165) is 29.5 Å². The molecule has 1 unspecified atom stereocenters. The van der Waals surface area contributed by atoms with Crippen LogP contribution in [0.1, 0.15) is 37.7 Å². The summed E-state index contributed by atoms with van der Waals surface area (Å²) in [5.74, 6) is -1.12. The van der Waals surface area contributed by atoms with Crippen molar-refractivity contribution < 1.29 is 9.90 Å². The lowest BCUT2D eigenvalue weighted by atomic mass is 9.92. The monoisotopic (exact) mass is 268 g/mol. The molecule has 2 aromatic carbocycles. The number of rotatable bonds is 6. The number of aliphatic carboxylic acids is 1. The van der Waals surface area contributed by atoms with Gasteiger partial charge in [0.05, 0.1) is 5.92 Å². The number of benzene rings is 2. The third-order valence-corrected chi connectivity index (χ3v) is 3.56. The van der Waals surface area contributed by atoms with Crippen LogP contribution in [0.5, 0.6) is 0 Å². The molecule has 0 radical (unpaired) electrons. The Hall–Kier alpha value is -2.09. The van der Waals surface area contributed by atoms with Crippen molar-refractivity contribution in [3.05, 3.63) is 60.2 Å². The Morgan fingerprint density at radius 1 is 1.00 bits per heavy atom. The van der Waals surface area contributed by atoms with E-state index in [1.165, 1.54) is 0 Å². The normalized spacial score (nSPS) is 12.1. The molecule has 0 aliphatic heterocycles. The first-order valence-corrected chi connectivity index (χ1v) is 7.10. The molecule has 0 spiro atoms. The quantitative estimate of drug-likeness (QED) is 0.823. The number of carboxylic acid groups (broad SMARTS) is 1. The van der Waals surface area contributed by atoms with Crippen molar-refractivity contribution >= 4 is 5.97 Å². The highest BCUT2D eigenvalue weighted by atomic mass is 16.4. The number of hydrogen-bond donors (Lipinski definition) is 1. The summed E-state index contributed by atoms with van der Waals surface area (Å²) in [6.45, 7) is 2.08. The third kappa shape index (κ3) is 3.47. The SMILES string of the molecule is CCCCC(C(=O)O)c1ccc(-c2ccccc2)cc1. The highest BCUT2D eigenvalue weighted by Crippen LogP contribution is 2.26. The van der Waals surface area contributed by atoms with Crippen molar-refractivity contribution in [2.75, 3.05) is 0 Å². The molecule has 1 atom stereocenters. The van der Waals surface area contributed by atoms with Gasteiger partial charge in [-0.25, -0.2) is 0 Å². The van der Waals surface area contributed by atoms with E-state index in [-0.39, 0.29) is 5.92 Å². The maximum absolute atomic E-state index is 11.4. The molecule has 0 amide bonds. The summed E-state index contributed by atoms with van der Waals surface area (Å²) in [6, 6.07) is 18.0. The largest absolute Gasteiger partial charge is 0.481 e. The highest BCUT2D eigenvalue weighted by molar-refractivity contribution is 5.76. The fourth-order valence-corrected chi connectivity index (χ4v) is 2.38. The molecule has 0 bridgehead atoms. The second-order valence-electron chi connectivity index (χ2n) is 5.02. The minimum Gasteiger partial charge on any atom is -0.481 e. The Balaban J connectivity index is 2.20. The van der Waals surface area contributed by atoms with Gasteiger partial charge in [0.2, 0.25) is 0 Å². The van der Waals surface area contributed by atoms with Crippen LogP contribution in [0.4, 0.5) is 0 Å². The van der Waals surface area contributed by atoms with E-state index >= 15 is 0 Å². The first kappa shape index (κ1) is 14.3. The molecule has 0 aliphatic rings. The lowest BCUT2D eigenvalue weighted by molar-refractivity contribution is -0.139. The van der Waals surface area contributed by atoms with Crippen molar-refractivity contribution in [3.63, 3.8) is 0 Å². The zero-order chi connectivity index (χ0) is 14.4. The number of unbranched alkanes of at least 4 members (excludes halogenated alkanes) is 1. The summed E-state index contributed by atoms with van der Waals surface area (Å²) >= 11 is 0. The molecule has 0 saturated carbocycles. The van der Waals surface area contributed by atoms with Gasteiger partial charge in [0.1, 0.15) is 0 Å². The summed E-state index contributed by atoms with van der Waals surface area (Å²) in [6.07, 6.45) is 2.67. The fraction of sp³-hybridized carbons (Fsp3) is 0.278. The van der Waals surface area contributed by atoms with Crippen molar-refractivity contribution in [1.29, 1.82) is 0 Å². The van der Waals surface area contributed by atoms with Gasteiger partial charge in [0, 0.05) is 0 Å². The van der Waals surface area contributed by atoms with Gasteiger partial charge in [-0.05, 0) is 23.1 Å². The maximum Gasteiger partial charge on any atom is 0.310 e. The average molecular weight is 268 g/mol. The first-order valence-electron chi connectivity index (χ1n) is 7.10. The van der Waals surface area contributed by atoms with Crippen LogP contribution in [-0.4, -0.2) is 11.1 Å². The zero-order valence-corrected chi connectivity index (χ0v) is 11.8. The minimum absolute atomic E-state index is 0.389. The molecule has 2 aromatic rings. The molecular weight excluding hydrogens is 248 g/mol. The average Bonchev–Trinajstić information content (AvgIpc) is 2.49. The van der Waals surface area contributed by atoms with Crippen LogP contribution in [-0.2, 0) is 4.79 Å². The smallest absolute Gasteiger partial charge is 0.310 e. The van der Waals surface area contributed by atoms with E-state index in [4.69, 9.17) is 0 Å². The Morgan fingerprint density at radius 2 is 1.60 bits per heavy atom. The van der Waals surface area contributed by atoms with Crippen LogP contribution >= 0.6 is 0 Å². The van der Waals surface area contributed by atoms with Crippen LogP contribution in [0.25, 0.3) is 11.1 Å². The van der Waals surface area contributed by atoms with E-state index in [1.54, 1.807) is 0 Å². The maximum atomic E-state index is 11.4. The van der Waals surface area contributed by atoms with Crippen molar-refractivity contribution in [2.24, 2.45) is 0 Å². The molecule has 0 aromatic heterocycles. The number of carboxylic acids is 1. The standard InChI is InChI=1S/C18H20O2/c1-2-3-9-17(18(19)20)16-12-10-15(11-13-16)14-7-5-4-6-8-14/h4-8,10-13,17H,2-3,9H2,1H3,(H,19,20). The van der Waals surface area contributed by atoms with Crippen LogP contribution in [0.2, 0.25) is 0 Å². The Bertz CT molecular complexity index is 543. The van der Waals surface area contributed by atoms with Gasteiger partial charge in [0.15, 0.2) is 0 Å². The Kier molecular flexibility index (Phi) is 4.94. The predicted octanol–water partition coefficient (Wildman–Crippen LogP) is 4.71. The molecule has 2 heteroatoms. The van der Waals surface area contributed by atoms with Gasteiger partial charge in [-0.15, -0.1) is 0 Å². The van der Waals surface area contributed by atoms with Gasteiger partial charge in [-0.1, -0.05) is 74.4 Å². The number of carbonyl (C=O) groups is 1.